The summed E-state index contributed by atoms with van der Waals surface area (Å²) in [6, 6.07) is 4.67. The second kappa shape index (κ2) is 5.19. The molecule has 4 N–H and O–H groups in total. The Morgan fingerprint density at radius 2 is 2.28 bits per heavy atom. The van der Waals surface area contributed by atoms with Crippen molar-refractivity contribution < 1.29 is 5.11 Å². The molecule has 0 unspecified atom stereocenters. The van der Waals surface area contributed by atoms with Crippen LogP contribution in [0.4, 0.5) is 5.82 Å². The molecule has 1 atom stereocenters. The minimum Gasteiger partial charge on any atom is -0.389 e. The third-order valence-electron chi connectivity index (χ3n) is 2.18. The number of H-pyrrole nitrogens is 1. The van der Waals surface area contributed by atoms with Gasteiger partial charge in [0.15, 0.2) is 5.16 Å². The Labute approximate surface area is 107 Å². The molecule has 2 rings (SSSR count). The molecule has 94 valence electrons. The summed E-state index contributed by atoms with van der Waals surface area (Å²) < 4.78 is 0. The SMILES string of the molecule is C[C@@H](O)c1ccnc(Sc2nc(N)cc(=O)[nH]2)c1. The fourth-order valence-corrected chi connectivity index (χ4v) is 2.15. The molecule has 0 fully saturated rings. The summed E-state index contributed by atoms with van der Waals surface area (Å²) >= 11 is 1.18. The number of nitrogens with two attached hydrogens (primary N) is 1. The molecule has 0 radical (unpaired) electrons. The Morgan fingerprint density at radius 1 is 1.50 bits per heavy atom. The maximum absolute atomic E-state index is 11.2. The van der Waals surface area contributed by atoms with E-state index in [-0.39, 0.29) is 11.4 Å². The number of aromatic nitrogens is 3. The highest BCUT2D eigenvalue weighted by Gasteiger charge is 2.06. The van der Waals surface area contributed by atoms with E-state index in [1.165, 1.54) is 17.8 Å². The van der Waals surface area contributed by atoms with Crippen LogP contribution < -0.4 is 11.3 Å². The van der Waals surface area contributed by atoms with Crippen LogP contribution in [0.3, 0.4) is 0 Å². The van der Waals surface area contributed by atoms with E-state index in [1.807, 2.05) is 0 Å². The first-order valence-corrected chi connectivity index (χ1v) is 6.05. The van der Waals surface area contributed by atoms with Gasteiger partial charge in [-0.1, -0.05) is 0 Å². The van der Waals surface area contributed by atoms with E-state index in [2.05, 4.69) is 15.0 Å². The van der Waals surface area contributed by atoms with Gasteiger partial charge in [-0.15, -0.1) is 0 Å². The lowest BCUT2D eigenvalue weighted by Crippen LogP contribution is -2.09. The van der Waals surface area contributed by atoms with Crippen molar-refractivity contribution in [2.45, 2.75) is 23.2 Å². The van der Waals surface area contributed by atoms with Crippen molar-refractivity contribution >= 4 is 17.6 Å². The van der Waals surface area contributed by atoms with Crippen molar-refractivity contribution in [3.05, 3.63) is 40.3 Å². The standard InChI is InChI=1S/C11H12N4O2S/c1-6(16)7-2-3-13-10(4-7)18-11-14-8(12)5-9(17)15-11/h2-6,16H,1H3,(H3,12,14,15,17)/t6-/m1/s1. The number of hydrogen-bond acceptors (Lipinski definition) is 6. The van der Waals surface area contributed by atoms with E-state index in [9.17, 15) is 9.90 Å². The van der Waals surface area contributed by atoms with E-state index < -0.39 is 6.10 Å². The van der Waals surface area contributed by atoms with Crippen molar-refractivity contribution in [3.8, 4) is 0 Å². The zero-order chi connectivity index (χ0) is 13.1. The molecular formula is C11H12N4O2S. The van der Waals surface area contributed by atoms with E-state index >= 15 is 0 Å². The van der Waals surface area contributed by atoms with Crippen LogP contribution in [0.5, 0.6) is 0 Å². The van der Waals surface area contributed by atoms with Gasteiger partial charge in [0.1, 0.15) is 10.8 Å². The number of nitrogens with zero attached hydrogens (tertiary/aromatic N) is 2. The Kier molecular flexibility index (Phi) is 3.63. The predicted molar refractivity (Wildman–Crippen MR) is 68.3 cm³/mol. The average molecular weight is 264 g/mol. The zero-order valence-corrected chi connectivity index (χ0v) is 10.4. The van der Waals surface area contributed by atoms with Crippen molar-refractivity contribution in [2.75, 3.05) is 5.73 Å². The minimum absolute atomic E-state index is 0.160. The first-order chi connectivity index (χ1) is 8.54. The quantitative estimate of drug-likeness (QED) is 0.713. The number of rotatable bonds is 3. The van der Waals surface area contributed by atoms with Crippen LogP contribution in [0, 0.1) is 0 Å². The molecule has 2 heterocycles. The van der Waals surface area contributed by atoms with Crippen molar-refractivity contribution in [3.63, 3.8) is 0 Å². The zero-order valence-electron chi connectivity index (χ0n) is 9.62. The van der Waals surface area contributed by atoms with Gasteiger partial charge < -0.3 is 15.8 Å². The molecule has 0 aliphatic carbocycles. The molecule has 2 aromatic rings. The number of nitrogen functional groups attached to an aromatic ring is 1. The third kappa shape index (κ3) is 3.08. The maximum Gasteiger partial charge on any atom is 0.253 e. The van der Waals surface area contributed by atoms with E-state index in [1.54, 1.807) is 25.3 Å². The molecule has 0 amide bonds. The Hall–Kier alpha value is -1.86. The first-order valence-electron chi connectivity index (χ1n) is 5.23. The second-order valence-corrected chi connectivity index (χ2v) is 4.69. The normalized spacial score (nSPS) is 12.3. The topological polar surface area (TPSA) is 105 Å². The smallest absolute Gasteiger partial charge is 0.253 e. The van der Waals surface area contributed by atoms with Gasteiger partial charge in [0.05, 0.1) is 6.10 Å². The van der Waals surface area contributed by atoms with E-state index in [0.717, 1.165) is 5.56 Å². The van der Waals surface area contributed by atoms with Crippen LogP contribution in [0.25, 0.3) is 0 Å². The van der Waals surface area contributed by atoms with Crippen LogP contribution in [0.1, 0.15) is 18.6 Å². The molecule has 2 aromatic heterocycles. The maximum atomic E-state index is 11.2. The number of anilines is 1. The summed E-state index contributed by atoms with van der Waals surface area (Å²) in [4.78, 5) is 21.9. The third-order valence-corrected chi connectivity index (χ3v) is 3.00. The molecule has 0 saturated heterocycles. The van der Waals surface area contributed by atoms with Gasteiger partial charge in [0.2, 0.25) is 0 Å². The molecule has 18 heavy (non-hydrogen) atoms. The lowest BCUT2D eigenvalue weighted by Gasteiger charge is -2.06. The summed E-state index contributed by atoms with van der Waals surface area (Å²) in [5.74, 6) is 0.160. The largest absolute Gasteiger partial charge is 0.389 e. The number of pyridine rings is 1. The second-order valence-electron chi connectivity index (χ2n) is 3.68. The Balaban J connectivity index is 2.28. The monoisotopic (exact) mass is 264 g/mol. The van der Waals surface area contributed by atoms with Crippen LogP contribution in [-0.4, -0.2) is 20.1 Å². The number of hydrogen-bond donors (Lipinski definition) is 3. The van der Waals surface area contributed by atoms with Gasteiger partial charge in [-0.05, 0) is 36.4 Å². The molecule has 0 bridgehead atoms. The molecule has 0 aliphatic rings. The van der Waals surface area contributed by atoms with Crippen LogP contribution in [-0.2, 0) is 0 Å². The van der Waals surface area contributed by atoms with E-state index in [4.69, 9.17) is 5.73 Å². The highest BCUT2D eigenvalue weighted by Crippen LogP contribution is 2.24. The molecule has 7 heteroatoms. The summed E-state index contributed by atoms with van der Waals surface area (Å²) in [7, 11) is 0. The molecule has 0 saturated carbocycles. The number of aromatic amines is 1. The Morgan fingerprint density at radius 3 is 2.94 bits per heavy atom. The summed E-state index contributed by atoms with van der Waals surface area (Å²) in [5.41, 5.74) is 5.93. The lowest BCUT2D eigenvalue weighted by molar-refractivity contribution is 0.199. The van der Waals surface area contributed by atoms with Gasteiger partial charge >= 0.3 is 0 Å². The molecule has 0 spiro atoms. The van der Waals surface area contributed by atoms with Gasteiger partial charge in [-0.25, -0.2) is 9.97 Å². The highest BCUT2D eigenvalue weighted by atomic mass is 32.2. The lowest BCUT2D eigenvalue weighted by atomic mass is 10.2. The fraction of sp³-hybridized carbons (Fsp3) is 0.182. The van der Waals surface area contributed by atoms with Gasteiger partial charge in [-0.3, -0.25) is 4.79 Å². The van der Waals surface area contributed by atoms with E-state index in [0.29, 0.717) is 10.2 Å². The van der Waals surface area contributed by atoms with Gasteiger partial charge in [-0.2, -0.15) is 0 Å². The van der Waals surface area contributed by atoms with Gasteiger partial charge in [0, 0.05) is 12.3 Å². The first kappa shape index (κ1) is 12.6. The minimum atomic E-state index is -0.569. The van der Waals surface area contributed by atoms with Crippen molar-refractivity contribution in [1.82, 2.24) is 15.0 Å². The van der Waals surface area contributed by atoms with Crippen molar-refractivity contribution in [1.29, 1.82) is 0 Å². The molecule has 0 aliphatic heterocycles. The number of nitrogens with one attached hydrogen (secondary N) is 1. The predicted octanol–water partition coefficient (Wildman–Crippen LogP) is 0.952. The van der Waals surface area contributed by atoms with Gasteiger partial charge in [0.25, 0.3) is 5.56 Å². The average Bonchev–Trinajstić information content (AvgIpc) is 2.27. The van der Waals surface area contributed by atoms with Crippen LogP contribution in [0.2, 0.25) is 0 Å². The Bertz CT molecular complexity index is 612. The van der Waals surface area contributed by atoms with Crippen LogP contribution in [0.15, 0.2) is 39.4 Å². The fourth-order valence-electron chi connectivity index (χ4n) is 1.34. The summed E-state index contributed by atoms with van der Waals surface area (Å²) in [5, 5.41) is 10.5. The van der Waals surface area contributed by atoms with Crippen molar-refractivity contribution in [2.24, 2.45) is 0 Å². The molecular weight excluding hydrogens is 252 g/mol. The molecule has 6 nitrogen and oxygen atoms in total. The van der Waals surface area contributed by atoms with Crippen LogP contribution >= 0.6 is 11.8 Å². The molecule has 0 aromatic carbocycles. The summed E-state index contributed by atoms with van der Waals surface area (Å²) in [6.45, 7) is 1.67. The number of aliphatic hydroxyl groups excluding tert-OH is 1. The highest BCUT2D eigenvalue weighted by molar-refractivity contribution is 7.99. The number of aliphatic hydroxyl groups is 1. The summed E-state index contributed by atoms with van der Waals surface area (Å²) in [6.07, 6.45) is 1.02.